The van der Waals surface area contributed by atoms with Crippen LogP contribution in [0, 0.1) is 0 Å². The lowest BCUT2D eigenvalue weighted by Crippen LogP contribution is -2.32. The Hall–Kier alpha value is -1.59. The molecule has 2 N–H and O–H groups in total. The van der Waals surface area contributed by atoms with Crippen LogP contribution in [0.4, 0.5) is 5.69 Å². The van der Waals surface area contributed by atoms with Gasteiger partial charge in [0.1, 0.15) is 0 Å². The van der Waals surface area contributed by atoms with E-state index < -0.39 is 12.1 Å². The van der Waals surface area contributed by atoms with Gasteiger partial charge in [-0.3, -0.25) is 0 Å². The number of hydrogen-bond donors (Lipinski definition) is 2. The van der Waals surface area contributed by atoms with Gasteiger partial charge in [0, 0.05) is 20.7 Å². The minimum absolute atomic E-state index is 0.222. The number of ether oxygens (including phenoxy) is 1. The molecule has 1 aromatic carbocycles. The van der Waals surface area contributed by atoms with E-state index in [0.29, 0.717) is 12.2 Å². The van der Waals surface area contributed by atoms with Crippen LogP contribution >= 0.6 is 0 Å². The fourth-order valence-electron chi connectivity index (χ4n) is 1.65. The zero-order chi connectivity index (χ0) is 12.8. The lowest BCUT2D eigenvalue weighted by atomic mass is 10.1. The summed E-state index contributed by atoms with van der Waals surface area (Å²) in [5.41, 5.74) is 0.801. The molecule has 1 unspecified atom stereocenters. The highest BCUT2D eigenvalue weighted by Crippen LogP contribution is 2.19. The van der Waals surface area contributed by atoms with Crippen LogP contribution in [0.3, 0.4) is 0 Å². The molecule has 5 nitrogen and oxygen atoms in total. The molecule has 0 saturated carbocycles. The van der Waals surface area contributed by atoms with Crippen molar-refractivity contribution in [1.29, 1.82) is 0 Å². The van der Waals surface area contributed by atoms with Crippen molar-refractivity contribution in [2.75, 3.05) is 32.2 Å². The highest BCUT2D eigenvalue weighted by molar-refractivity contribution is 5.94. The molecule has 0 spiro atoms. The summed E-state index contributed by atoms with van der Waals surface area (Å²) in [6, 6.07) is 6.69. The van der Waals surface area contributed by atoms with Gasteiger partial charge in [0.25, 0.3) is 0 Å². The summed E-state index contributed by atoms with van der Waals surface area (Å²) < 4.78 is 4.83. The summed E-state index contributed by atoms with van der Waals surface area (Å²) in [7, 11) is 3.25. The first kappa shape index (κ1) is 13.5. The van der Waals surface area contributed by atoms with Gasteiger partial charge in [-0.25, -0.2) is 4.79 Å². The molecular weight excluding hydrogens is 222 g/mol. The van der Waals surface area contributed by atoms with Gasteiger partial charge in [-0.15, -0.1) is 0 Å². The topological polar surface area (TPSA) is 70.0 Å². The van der Waals surface area contributed by atoms with Crippen molar-refractivity contribution >= 4 is 11.7 Å². The van der Waals surface area contributed by atoms with E-state index in [4.69, 9.17) is 9.84 Å². The van der Waals surface area contributed by atoms with Gasteiger partial charge in [-0.1, -0.05) is 12.1 Å². The number of carbonyl (C=O) groups is 1. The molecule has 0 radical (unpaired) electrons. The van der Waals surface area contributed by atoms with E-state index in [1.54, 1.807) is 30.1 Å². The first-order chi connectivity index (χ1) is 8.06. The summed E-state index contributed by atoms with van der Waals surface area (Å²) in [6.45, 7) is 0.539. The number of aliphatic hydroxyl groups excluding tert-OH is 1. The van der Waals surface area contributed by atoms with Gasteiger partial charge in [0.2, 0.25) is 0 Å². The van der Waals surface area contributed by atoms with Crippen LogP contribution in [0.2, 0.25) is 0 Å². The van der Waals surface area contributed by atoms with E-state index in [0.717, 1.165) is 0 Å². The Morgan fingerprint density at radius 1 is 1.47 bits per heavy atom. The number of likely N-dealkylation sites (N-methyl/N-ethyl adjacent to an activating group) is 1. The predicted molar refractivity (Wildman–Crippen MR) is 64.6 cm³/mol. The van der Waals surface area contributed by atoms with Crippen molar-refractivity contribution in [2.24, 2.45) is 0 Å². The number of hydrogen-bond acceptors (Lipinski definition) is 4. The number of aliphatic hydroxyl groups is 1. The largest absolute Gasteiger partial charge is 0.478 e. The number of nitrogens with zero attached hydrogens (tertiary/aromatic N) is 1. The molecule has 0 fully saturated rings. The van der Waals surface area contributed by atoms with E-state index in [-0.39, 0.29) is 12.2 Å². The number of carboxylic acids is 1. The van der Waals surface area contributed by atoms with E-state index in [2.05, 4.69) is 0 Å². The third kappa shape index (κ3) is 3.72. The Kier molecular flexibility index (Phi) is 4.93. The number of aromatic carboxylic acids is 1. The smallest absolute Gasteiger partial charge is 0.337 e. The molecule has 0 amide bonds. The predicted octanol–water partition coefficient (Wildman–Crippen LogP) is 0.828. The zero-order valence-electron chi connectivity index (χ0n) is 9.96. The van der Waals surface area contributed by atoms with Gasteiger partial charge in [-0.05, 0) is 12.1 Å². The van der Waals surface area contributed by atoms with Crippen molar-refractivity contribution in [3.63, 3.8) is 0 Å². The van der Waals surface area contributed by atoms with Crippen LogP contribution < -0.4 is 4.90 Å². The van der Waals surface area contributed by atoms with Crippen LogP contribution in [-0.4, -0.2) is 49.6 Å². The van der Waals surface area contributed by atoms with Gasteiger partial charge in [0.05, 0.1) is 24.0 Å². The van der Waals surface area contributed by atoms with Crippen molar-refractivity contribution in [3.05, 3.63) is 29.8 Å². The second kappa shape index (κ2) is 6.22. The van der Waals surface area contributed by atoms with Crippen molar-refractivity contribution in [3.8, 4) is 0 Å². The Morgan fingerprint density at radius 2 is 2.12 bits per heavy atom. The molecule has 0 heterocycles. The average Bonchev–Trinajstić information content (AvgIpc) is 2.29. The monoisotopic (exact) mass is 239 g/mol. The average molecular weight is 239 g/mol. The molecular formula is C12H17NO4. The van der Waals surface area contributed by atoms with E-state index >= 15 is 0 Å². The SMILES string of the molecule is COCC(O)CN(C)c1ccccc1C(=O)O. The molecule has 1 rings (SSSR count). The van der Waals surface area contributed by atoms with E-state index in [1.807, 2.05) is 0 Å². The number of benzene rings is 1. The molecule has 0 aliphatic rings. The Labute approximate surface area is 100 Å². The van der Waals surface area contributed by atoms with Gasteiger partial charge < -0.3 is 19.8 Å². The fourth-order valence-corrected chi connectivity index (χ4v) is 1.65. The lowest BCUT2D eigenvalue weighted by Gasteiger charge is -2.23. The normalized spacial score (nSPS) is 12.2. The van der Waals surface area contributed by atoms with Crippen molar-refractivity contribution in [1.82, 2.24) is 0 Å². The molecule has 94 valence electrons. The number of para-hydroxylation sites is 1. The van der Waals surface area contributed by atoms with Crippen molar-refractivity contribution in [2.45, 2.75) is 6.10 Å². The molecule has 0 aliphatic carbocycles. The quantitative estimate of drug-likeness (QED) is 0.769. The summed E-state index contributed by atoms with van der Waals surface area (Å²) in [5, 5.41) is 18.6. The maximum Gasteiger partial charge on any atom is 0.337 e. The number of carboxylic acid groups (broad SMARTS) is 1. The lowest BCUT2D eigenvalue weighted by molar-refractivity contribution is 0.0680. The molecule has 0 aromatic heterocycles. The van der Waals surface area contributed by atoms with Gasteiger partial charge in [0.15, 0.2) is 0 Å². The molecule has 1 aromatic rings. The molecule has 0 aliphatic heterocycles. The Bertz CT molecular complexity index is 381. The Balaban J connectivity index is 2.81. The maximum absolute atomic E-state index is 11.0. The number of methoxy groups -OCH3 is 1. The van der Waals surface area contributed by atoms with Crippen LogP contribution in [-0.2, 0) is 4.74 Å². The highest BCUT2D eigenvalue weighted by atomic mass is 16.5. The molecule has 0 bridgehead atoms. The molecule has 1 atom stereocenters. The second-order valence-electron chi connectivity index (χ2n) is 3.81. The second-order valence-corrected chi connectivity index (χ2v) is 3.81. The van der Waals surface area contributed by atoms with Crippen LogP contribution in [0.1, 0.15) is 10.4 Å². The van der Waals surface area contributed by atoms with Gasteiger partial charge in [-0.2, -0.15) is 0 Å². The molecule has 17 heavy (non-hydrogen) atoms. The molecule has 5 heteroatoms. The summed E-state index contributed by atoms with van der Waals surface area (Å²) in [5.74, 6) is -0.978. The van der Waals surface area contributed by atoms with Crippen molar-refractivity contribution < 1.29 is 19.7 Å². The Morgan fingerprint density at radius 3 is 2.71 bits per heavy atom. The molecule has 0 saturated heterocycles. The zero-order valence-corrected chi connectivity index (χ0v) is 9.96. The van der Waals surface area contributed by atoms with E-state index in [9.17, 15) is 9.90 Å². The minimum atomic E-state index is -0.978. The first-order valence-corrected chi connectivity index (χ1v) is 5.26. The van der Waals surface area contributed by atoms with Gasteiger partial charge >= 0.3 is 5.97 Å². The standard InChI is InChI=1S/C12H17NO4/c1-13(7-9(14)8-17-2)11-6-4-3-5-10(11)12(15)16/h3-6,9,14H,7-8H2,1-2H3,(H,15,16). The number of rotatable bonds is 6. The number of anilines is 1. The fraction of sp³-hybridized carbons (Fsp3) is 0.417. The highest BCUT2D eigenvalue weighted by Gasteiger charge is 2.15. The van der Waals surface area contributed by atoms with Crippen LogP contribution in [0.25, 0.3) is 0 Å². The van der Waals surface area contributed by atoms with Crippen LogP contribution in [0.15, 0.2) is 24.3 Å². The summed E-state index contributed by atoms with van der Waals surface area (Å²) in [6.07, 6.45) is -0.646. The minimum Gasteiger partial charge on any atom is -0.478 e. The first-order valence-electron chi connectivity index (χ1n) is 5.26. The summed E-state index contributed by atoms with van der Waals surface area (Å²) in [4.78, 5) is 12.7. The third-order valence-corrected chi connectivity index (χ3v) is 2.39. The van der Waals surface area contributed by atoms with Crippen LogP contribution in [0.5, 0.6) is 0 Å². The third-order valence-electron chi connectivity index (χ3n) is 2.39. The summed E-state index contributed by atoms with van der Waals surface area (Å²) >= 11 is 0. The van der Waals surface area contributed by atoms with E-state index in [1.165, 1.54) is 13.2 Å². The maximum atomic E-state index is 11.0.